The Labute approximate surface area is 89.3 Å². The molecule has 1 aliphatic rings. The van der Waals surface area contributed by atoms with Crippen molar-refractivity contribution in [2.24, 2.45) is 5.41 Å². The summed E-state index contributed by atoms with van der Waals surface area (Å²) in [6.07, 6.45) is -5.10. The van der Waals surface area contributed by atoms with E-state index in [1.165, 1.54) is 0 Å². The smallest absolute Gasteiger partial charge is 0.111 e. The van der Waals surface area contributed by atoms with Gasteiger partial charge in [-0.1, -0.05) is 20.8 Å². The van der Waals surface area contributed by atoms with Gasteiger partial charge in [0, 0.05) is 0 Å². The van der Waals surface area contributed by atoms with Crippen LogP contribution < -0.4 is 0 Å². The number of aliphatic hydroxyl groups is 4. The van der Waals surface area contributed by atoms with Crippen molar-refractivity contribution in [2.45, 2.75) is 51.3 Å². The molecular weight excluding hydrogens is 200 g/mol. The van der Waals surface area contributed by atoms with Crippen molar-refractivity contribution in [1.29, 1.82) is 0 Å². The first-order chi connectivity index (χ1) is 6.79. The molecule has 0 aromatic heterocycles. The quantitative estimate of drug-likeness (QED) is 0.449. The van der Waals surface area contributed by atoms with E-state index < -0.39 is 30.5 Å². The lowest BCUT2D eigenvalue weighted by molar-refractivity contribution is -0.250. The van der Waals surface area contributed by atoms with Crippen LogP contribution in [0.1, 0.15) is 20.8 Å². The first-order valence-corrected chi connectivity index (χ1v) is 5.09. The summed E-state index contributed by atoms with van der Waals surface area (Å²) in [4.78, 5) is 0. The molecule has 0 aliphatic carbocycles. The standard InChI is InChI=1S/C10H20O5/c1-10(2,3)9-8(14)7(13)6(12)5(4-11)15-9/h5-9,11-14H,4H2,1-3H3/t5?,6-,7?,8+,9-/m1/s1. The molecule has 0 bridgehead atoms. The minimum atomic E-state index is -1.28. The average Bonchev–Trinajstić information content (AvgIpc) is 2.13. The lowest BCUT2D eigenvalue weighted by atomic mass is 9.80. The lowest BCUT2D eigenvalue weighted by Gasteiger charge is -2.45. The van der Waals surface area contributed by atoms with Crippen LogP contribution in [-0.2, 0) is 4.74 Å². The van der Waals surface area contributed by atoms with Gasteiger partial charge in [-0.25, -0.2) is 0 Å². The van der Waals surface area contributed by atoms with Crippen LogP contribution in [-0.4, -0.2) is 57.6 Å². The molecular formula is C10H20O5. The molecule has 1 saturated heterocycles. The Hall–Kier alpha value is -0.200. The van der Waals surface area contributed by atoms with E-state index in [0.29, 0.717) is 0 Å². The van der Waals surface area contributed by atoms with E-state index in [-0.39, 0.29) is 12.0 Å². The summed E-state index contributed by atoms with van der Waals surface area (Å²) in [7, 11) is 0. The Bertz CT molecular complexity index is 210. The van der Waals surface area contributed by atoms with Gasteiger partial charge in [-0.2, -0.15) is 0 Å². The molecule has 4 N–H and O–H groups in total. The average molecular weight is 220 g/mol. The summed E-state index contributed by atoms with van der Waals surface area (Å²) in [6, 6.07) is 0. The van der Waals surface area contributed by atoms with Crippen molar-refractivity contribution < 1.29 is 25.2 Å². The minimum Gasteiger partial charge on any atom is -0.394 e. The van der Waals surface area contributed by atoms with Gasteiger partial charge >= 0.3 is 0 Å². The lowest BCUT2D eigenvalue weighted by Crippen LogP contribution is -2.61. The molecule has 15 heavy (non-hydrogen) atoms. The maximum absolute atomic E-state index is 9.74. The fourth-order valence-corrected chi connectivity index (χ4v) is 1.82. The molecule has 1 fully saturated rings. The largest absolute Gasteiger partial charge is 0.394 e. The predicted octanol–water partition coefficient (Wildman–Crippen LogP) is -1.13. The Morgan fingerprint density at radius 1 is 1.00 bits per heavy atom. The zero-order valence-corrected chi connectivity index (χ0v) is 9.29. The monoisotopic (exact) mass is 220 g/mol. The van der Waals surface area contributed by atoms with Crippen LogP contribution in [0.15, 0.2) is 0 Å². The number of rotatable bonds is 1. The van der Waals surface area contributed by atoms with Crippen LogP contribution in [0.5, 0.6) is 0 Å². The highest BCUT2D eigenvalue weighted by atomic mass is 16.5. The minimum absolute atomic E-state index is 0.367. The van der Waals surface area contributed by atoms with Gasteiger partial charge in [0.25, 0.3) is 0 Å². The third-order valence-corrected chi connectivity index (χ3v) is 2.75. The van der Waals surface area contributed by atoms with Crippen molar-refractivity contribution in [1.82, 2.24) is 0 Å². The van der Waals surface area contributed by atoms with Gasteiger partial charge in [0.2, 0.25) is 0 Å². The highest BCUT2D eigenvalue weighted by molar-refractivity contribution is 4.96. The summed E-state index contributed by atoms with van der Waals surface area (Å²) in [5.74, 6) is 0. The second-order valence-corrected chi connectivity index (χ2v) is 5.12. The molecule has 0 aromatic rings. The molecule has 1 heterocycles. The van der Waals surface area contributed by atoms with Crippen molar-refractivity contribution in [3.05, 3.63) is 0 Å². The van der Waals surface area contributed by atoms with E-state index in [1.807, 2.05) is 20.8 Å². The van der Waals surface area contributed by atoms with E-state index in [2.05, 4.69) is 0 Å². The van der Waals surface area contributed by atoms with Gasteiger partial charge in [-0.15, -0.1) is 0 Å². The van der Waals surface area contributed by atoms with E-state index in [4.69, 9.17) is 9.84 Å². The maximum Gasteiger partial charge on any atom is 0.111 e. The fraction of sp³-hybridized carbons (Fsp3) is 1.00. The fourth-order valence-electron chi connectivity index (χ4n) is 1.82. The third-order valence-electron chi connectivity index (χ3n) is 2.75. The zero-order valence-electron chi connectivity index (χ0n) is 9.29. The van der Waals surface area contributed by atoms with Crippen molar-refractivity contribution in [3.63, 3.8) is 0 Å². The second-order valence-electron chi connectivity index (χ2n) is 5.12. The van der Waals surface area contributed by atoms with Gasteiger partial charge in [0.1, 0.15) is 24.4 Å². The molecule has 1 aliphatic heterocycles. The first-order valence-electron chi connectivity index (χ1n) is 5.09. The summed E-state index contributed by atoms with van der Waals surface area (Å²) < 4.78 is 5.38. The van der Waals surface area contributed by atoms with Gasteiger partial charge in [0.15, 0.2) is 0 Å². The molecule has 5 atom stereocenters. The molecule has 0 radical (unpaired) electrons. The molecule has 2 unspecified atom stereocenters. The van der Waals surface area contributed by atoms with Gasteiger partial charge in [0.05, 0.1) is 12.7 Å². The van der Waals surface area contributed by atoms with Crippen LogP contribution in [0, 0.1) is 5.41 Å². The third kappa shape index (κ3) is 2.49. The SMILES string of the molecule is CC(C)(C)[C@@H]1OC(CO)[C@@H](O)C(O)[C@@H]1O. The molecule has 5 heteroatoms. The van der Waals surface area contributed by atoms with Gasteiger partial charge in [-0.05, 0) is 5.41 Å². The molecule has 0 aromatic carbocycles. The molecule has 0 spiro atoms. The molecule has 5 nitrogen and oxygen atoms in total. The van der Waals surface area contributed by atoms with E-state index in [1.54, 1.807) is 0 Å². The van der Waals surface area contributed by atoms with Gasteiger partial charge < -0.3 is 25.2 Å². The Morgan fingerprint density at radius 3 is 1.93 bits per heavy atom. The van der Waals surface area contributed by atoms with Crippen LogP contribution in [0.4, 0.5) is 0 Å². The van der Waals surface area contributed by atoms with E-state index in [0.717, 1.165) is 0 Å². The van der Waals surface area contributed by atoms with Crippen LogP contribution in [0.3, 0.4) is 0 Å². The number of aliphatic hydroxyl groups excluding tert-OH is 4. The van der Waals surface area contributed by atoms with Crippen LogP contribution in [0.25, 0.3) is 0 Å². The summed E-state index contributed by atoms with van der Waals surface area (Å²) in [5.41, 5.74) is -0.367. The predicted molar refractivity (Wildman–Crippen MR) is 53.2 cm³/mol. The van der Waals surface area contributed by atoms with Crippen LogP contribution >= 0.6 is 0 Å². The number of hydrogen-bond donors (Lipinski definition) is 4. The normalized spacial score (nSPS) is 43.0. The van der Waals surface area contributed by atoms with E-state index in [9.17, 15) is 15.3 Å². The maximum atomic E-state index is 9.74. The first kappa shape index (κ1) is 12.9. The van der Waals surface area contributed by atoms with Crippen LogP contribution in [0.2, 0.25) is 0 Å². The Balaban J connectivity index is 2.83. The van der Waals surface area contributed by atoms with Crippen molar-refractivity contribution in [2.75, 3.05) is 6.61 Å². The molecule has 90 valence electrons. The summed E-state index contributed by atoms with van der Waals surface area (Å²) in [5, 5.41) is 37.8. The molecule has 0 amide bonds. The highest BCUT2D eigenvalue weighted by Gasteiger charge is 2.47. The molecule has 1 rings (SSSR count). The van der Waals surface area contributed by atoms with Gasteiger partial charge in [-0.3, -0.25) is 0 Å². The Kier molecular flexibility index (Phi) is 3.73. The van der Waals surface area contributed by atoms with E-state index >= 15 is 0 Å². The number of ether oxygens (including phenoxy) is 1. The summed E-state index contributed by atoms with van der Waals surface area (Å²) >= 11 is 0. The zero-order chi connectivity index (χ0) is 11.8. The highest BCUT2D eigenvalue weighted by Crippen LogP contribution is 2.32. The van der Waals surface area contributed by atoms with Crippen molar-refractivity contribution >= 4 is 0 Å². The Morgan fingerprint density at radius 2 is 1.53 bits per heavy atom. The second kappa shape index (κ2) is 4.35. The van der Waals surface area contributed by atoms with Crippen molar-refractivity contribution in [3.8, 4) is 0 Å². The summed E-state index contributed by atoms with van der Waals surface area (Å²) in [6.45, 7) is 5.21. The number of hydrogen-bond acceptors (Lipinski definition) is 5. The molecule has 0 saturated carbocycles. The topological polar surface area (TPSA) is 90.2 Å².